The van der Waals surface area contributed by atoms with Crippen molar-refractivity contribution in [3.63, 3.8) is 0 Å². The second-order valence-corrected chi connectivity index (χ2v) is 9.46. The van der Waals surface area contributed by atoms with E-state index in [-0.39, 0.29) is 35.5 Å². The fourth-order valence-corrected chi connectivity index (χ4v) is 5.72. The largest absolute Gasteiger partial charge is 0.454 e. The van der Waals surface area contributed by atoms with Gasteiger partial charge < -0.3 is 10.1 Å². The van der Waals surface area contributed by atoms with E-state index in [4.69, 9.17) is 4.74 Å². The first kappa shape index (κ1) is 21.0. The van der Waals surface area contributed by atoms with Crippen molar-refractivity contribution in [3.05, 3.63) is 27.7 Å². The van der Waals surface area contributed by atoms with Crippen LogP contribution in [0.25, 0.3) is 0 Å². The zero-order valence-electron chi connectivity index (χ0n) is 17.2. The lowest BCUT2D eigenvalue weighted by Gasteiger charge is -2.23. The van der Waals surface area contributed by atoms with E-state index in [1.807, 2.05) is 19.9 Å². The molecule has 1 saturated heterocycles. The summed E-state index contributed by atoms with van der Waals surface area (Å²) in [5.41, 5.74) is 2.55. The van der Waals surface area contributed by atoms with Gasteiger partial charge in [-0.25, -0.2) is 4.79 Å². The van der Waals surface area contributed by atoms with Crippen molar-refractivity contribution in [1.82, 2.24) is 4.90 Å². The van der Waals surface area contributed by atoms with E-state index in [0.29, 0.717) is 5.69 Å². The Kier molecular flexibility index (Phi) is 5.46. The number of anilines is 1. The van der Waals surface area contributed by atoms with E-state index < -0.39 is 24.5 Å². The molecular formula is C22H25BrN2O5. The van der Waals surface area contributed by atoms with Crippen molar-refractivity contribution in [2.75, 3.05) is 11.9 Å². The van der Waals surface area contributed by atoms with Crippen LogP contribution in [0.3, 0.4) is 0 Å². The number of imide groups is 1. The first-order valence-electron chi connectivity index (χ1n) is 10.3. The maximum atomic E-state index is 12.8. The zero-order valence-corrected chi connectivity index (χ0v) is 18.8. The van der Waals surface area contributed by atoms with Gasteiger partial charge in [0.1, 0.15) is 6.04 Å². The molecule has 3 amide bonds. The number of halogens is 1. The number of rotatable bonds is 5. The Morgan fingerprint density at radius 3 is 2.33 bits per heavy atom. The third kappa shape index (κ3) is 3.35. The van der Waals surface area contributed by atoms with Gasteiger partial charge in [-0.1, -0.05) is 15.9 Å². The Morgan fingerprint density at radius 1 is 1.13 bits per heavy atom. The van der Waals surface area contributed by atoms with Crippen LogP contribution in [-0.4, -0.2) is 41.2 Å². The van der Waals surface area contributed by atoms with Gasteiger partial charge in [0.25, 0.3) is 5.91 Å². The fourth-order valence-electron chi connectivity index (χ4n) is 5.29. The van der Waals surface area contributed by atoms with E-state index in [0.717, 1.165) is 39.8 Å². The lowest BCUT2D eigenvalue weighted by molar-refractivity contribution is -0.159. The van der Waals surface area contributed by atoms with Gasteiger partial charge in [-0.15, -0.1) is 0 Å². The summed E-state index contributed by atoms with van der Waals surface area (Å²) in [7, 11) is 0. The second kappa shape index (κ2) is 7.80. The molecule has 2 saturated carbocycles. The maximum Gasteiger partial charge on any atom is 0.329 e. The molecule has 3 aliphatic rings. The third-order valence-corrected chi connectivity index (χ3v) is 7.89. The van der Waals surface area contributed by atoms with Gasteiger partial charge in [-0.05, 0) is 75.1 Å². The van der Waals surface area contributed by atoms with Gasteiger partial charge in [-0.2, -0.15) is 0 Å². The van der Waals surface area contributed by atoms with Gasteiger partial charge in [0, 0.05) is 10.2 Å². The minimum atomic E-state index is -1.03. The molecule has 5 atom stereocenters. The van der Waals surface area contributed by atoms with Crippen LogP contribution in [-0.2, 0) is 23.9 Å². The van der Waals surface area contributed by atoms with Gasteiger partial charge >= 0.3 is 5.97 Å². The number of benzene rings is 1. The highest BCUT2D eigenvalue weighted by atomic mass is 79.9. The second-order valence-electron chi connectivity index (χ2n) is 8.61. The molecular weight excluding hydrogens is 452 g/mol. The van der Waals surface area contributed by atoms with Crippen molar-refractivity contribution in [2.45, 2.75) is 46.1 Å². The van der Waals surface area contributed by atoms with E-state index in [2.05, 4.69) is 21.2 Å². The number of fused-ring (bicyclic) bond motifs is 5. The summed E-state index contributed by atoms with van der Waals surface area (Å²) >= 11 is 3.44. The lowest BCUT2D eigenvalue weighted by atomic mass is 9.81. The molecule has 0 radical (unpaired) electrons. The number of carbonyl (C=O) groups is 4. The Hall–Kier alpha value is -2.22. The SMILES string of the molecule is Cc1c(Br)ccc(NC(=O)COC(=O)[C@H](C)N2C(=O)[C@@H]3[C@H]4CC[C@@H](C4)[C@H]3C2=O)c1C. The van der Waals surface area contributed by atoms with Gasteiger partial charge in [-0.3, -0.25) is 19.3 Å². The minimum Gasteiger partial charge on any atom is -0.454 e. The third-order valence-electron chi connectivity index (χ3n) is 7.03. The number of nitrogens with one attached hydrogen (secondary N) is 1. The number of likely N-dealkylation sites (tertiary alicyclic amines) is 1. The molecule has 1 aromatic carbocycles. The Morgan fingerprint density at radius 2 is 1.73 bits per heavy atom. The summed E-state index contributed by atoms with van der Waals surface area (Å²) in [5.74, 6) is -1.78. The van der Waals surface area contributed by atoms with Crippen LogP contribution in [0.2, 0.25) is 0 Å². The first-order chi connectivity index (χ1) is 14.2. The predicted octanol–water partition coefficient (Wildman–Crippen LogP) is 2.97. The molecule has 1 aromatic rings. The van der Waals surface area contributed by atoms with E-state index >= 15 is 0 Å². The molecule has 2 bridgehead atoms. The van der Waals surface area contributed by atoms with E-state index in [1.165, 1.54) is 6.92 Å². The van der Waals surface area contributed by atoms with Crippen LogP contribution < -0.4 is 5.32 Å². The predicted molar refractivity (Wildman–Crippen MR) is 112 cm³/mol. The van der Waals surface area contributed by atoms with E-state index in [9.17, 15) is 19.2 Å². The van der Waals surface area contributed by atoms with Crippen LogP contribution >= 0.6 is 15.9 Å². The Labute approximate surface area is 183 Å². The molecule has 8 heteroatoms. The number of esters is 1. The van der Waals surface area contributed by atoms with Crippen LogP contribution in [0, 0.1) is 37.5 Å². The number of carbonyl (C=O) groups excluding carboxylic acids is 4. The Balaban J connectivity index is 1.35. The number of hydrogen-bond donors (Lipinski definition) is 1. The van der Waals surface area contributed by atoms with Gasteiger partial charge in [0.15, 0.2) is 6.61 Å². The molecule has 1 N–H and O–H groups in total. The summed E-state index contributed by atoms with van der Waals surface area (Å²) in [6.07, 6.45) is 2.90. The molecule has 0 spiro atoms. The van der Waals surface area contributed by atoms with Crippen LogP contribution in [0.5, 0.6) is 0 Å². The highest BCUT2D eigenvalue weighted by molar-refractivity contribution is 9.10. The molecule has 0 unspecified atom stereocenters. The lowest BCUT2D eigenvalue weighted by Crippen LogP contribution is -2.45. The summed E-state index contributed by atoms with van der Waals surface area (Å²) < 4.78 is 6.07. The molecule has 0 aromatic heterocycles. The number of amides is 3. The standard InChI is InChI=1S/C22H25BrN2O5/c1-10-11(2)16(7-6-15(10)23)24-17(26)9-30-22(29)12(3)25-20(27)18-13-4-5-14(8-13)19(18)21(25)28/h6-7,12-14,18-19H,4-5,8-9H2,1-3H3,(H,24,26)/t12-,13-,14-,18+,19+/m0/s1. The van der Waals surface area contributed by atoms with Crippen LogP contribution in [0.1, 0.15) is 37.3 Å². The molecule has 160 valence electrons. The monoisotopic (exact) mass is 476 g/mol. The van der Waals surface area contributed by atoms with Gasteiger partial charge in [0.05, 0.1) is 11.8 Å². The molecule has 4 rings (SSSR count). The summed E-state index contributed by atoms with van der Waals surface area (Å²) in [4.78, 5) is 51.5. The summed E-state index contributed by atoms with van der Waals surface area (Å²) in [6.45, 7) is 4.83. The fraction of sp³-hybridized carbons (Fsp3) is 0.545. The van der Waals surface area contributed by atoms with Crippen molar-refractivity contribution in [1.29, 1.82) is 0 Å². The van der Waals surface area contributed by atoms with Crippen LogP contribution in [0.15, 0.2) is 16.6 Å². The molecule has 30 heavy (non-hydrogen) atoms. The summed E-state index contributed by atoms with van der Waals surface area (Å²) in [6, 6.07) is 2.57. The van der Waals surface area contributed by atoms with Crippen molar-refractivity contribution in [2.24, 2.45) is 23.7 Å². The molecule has 1 aliphatic heterocycles. The number of ether oxygens (including phenoxy) is 1. The molecule has 2 aliphatic carbocycles. The highest BCUT2D eigenvalue weighted by Crippen LogP contribution is 2.56. The molecule has 1 heterocycles. The minimum absolute atomic E-state index is 0.257. The molecule has 7 nitrogen and oxygen atoms in total. The first-order valence-corrected chi connectivity index (χ1v) is 11.1. The van der Waals surface area contributed by atoms with Crippen molar-refractivity contribution in [3.8, 4) is 0 Å². The normalized spacial score (nSPS) is 27.9. The van der Waals surface area contributed by atoms with Gasteiger partial charge in [0.2, 0.25) is 11.8 Å². The Bertz CT molecular complexity index is 918. The van der Waals surface area contributed by atoms with Crippen molar-refractivity contribution < 1.29 is 23.9 Å². The van der Waals surface area contributed by atoms with Crippen LogP contribution in [0.4, 0.5) is 5.69 Å². The maximum absolute atomic E-state index is 12.8. The van der Waals surface area contributed by atoms with Crippen molar-refractivity contribution >= 4 is 45.3 Å². The topological polar surface area (TPSA) is 92.8 Å². The average Bonchev–Trinajstić information content (AvgIpc) is 3.40. The highest BCUT2D eigenvalue weighted by Gasteiger charge is 2.62. The smallest absolute Gasteiger partial charge is 0.329 e. The van der Waals surface area contributed by atoms with E-state index in [1.54, 1.807) is 6.07 Å². The zero-order chi connectivity index (χ0) is 21.7. The average molecular weight is 477 g/mol. The molecule has 3 fully saturated rings. The summed E-state index contributed by atoms with van der Waals surface area (Å²) in [5, 5.41) is 2.73. The number of hydrogen-bond acceptors (Lipinski definition) is 5. The number of nitrogens with zero attached hydrogens (tertiary/aromatic N) is 1. The quantitative estimate of drug-likeness (QED) is 0.520.